The SMILES string of the molecule is Cc1ccc2c(n1)CC1(CCN(C)CC1)C2N. The molecule has 2 heterocycles. The summed E-state index contributed by atoms with van der Waals surface area (Å²) >= 11 is 0. The van der Waals surface area contributed by atoms with Crippen LogP contribution < -0.4 is 5.73 Å². The minimum Gasteiger partial charge on any atom is -0.323 e. The molecule has 1 unspecified atom stereocenters. The maximum atomic E-state index is 6.49. The number of rotatable bonds is 0. The molecule has 3 heteroatoms. The van der Waals surface area contributed by atoms with Gasteiger partial charge in [-0.2, -0.15) is 0 Å². The van der Waals surface area contributed by atoms with E-state index in [1.54, 1.807) is 0 Å². The summed E-state index contributed by atoms with van der Waals surface area (Å²) in [6, 6.07) is 4.47. The average Bonchev–Trinajstić information content (AvgIpc) is 2.57. The molecule has 1 aromatic rings. The van der Waals surface area contributed by atoms with E-state index >= 15 is 0 Å². The Morgan fingerprint density at radius 3 is 2.76 bits per heavy atom. The second-order valence-electron chi connectivity index (χ2n) is 5.81. The van der Waals surface area contributed by atoms with Crippen LogP contribution in [-0.2, 0) is 6.42 Å². The fourth-order valence-corrected chi connectivity index (χ4v) is 3.37. The number of nitrogens with zero attached hydrogens (tertiary/aromatic N) is 2. The van der Waals surface area contributed by atoms with Crippen LogP contribution in [0.15, 0.2) is 12.1 Å². The van der Waals surface area contributed by atoms with Gasteiger partial charge in [0.2, 0.25) is 0 Å². The van der Waals surface area contributed by atoms with Crippen molar-refractivity contribution in [2.45, 2.75) is 32.2 Å². The average molecular weight is 231 g/mol. The van der Waals surface area contributed by atoms with Gasteiger partial charge in [-0.1, -0.05) is 6.07 Å². The molecule has 1 fully saturated rings. The normalized spacial score (nSPS) is 27.4. The Morgan fingerprint density at radius 2 is 2.06 bits per heavy atom. The molecule has 0 radical (unpaired) electrons. The lowest BCUT2D eigenvalue weighted by Gasteiger charge is -2.40. The predicted molar refractivity (Wildman–Crippen MR) is 68.8 cm³/mol. The van der Waals surface area contributed by atoms with E-state index in [2.05, 4.69) is 36.0 Å². The number of hydrogen-bond acceptors (Lipinski definition) is 3. The number of aromatic nitrogens is 1. The van der Waals surface area contributed by atoms with Gasteiger partial charge in [-0.3, -0.25) is 4.98 Å². The largest absolute Gasteiger partial charge is 0.323 e. The van der Waals surface area contributed by atoms with Crippen LogP contribution in [0.3, 0.4) is 0 Å². The van der Waals surface area contributed by atoms with Crippen molar-refractivity contribution in [3.8, 4) is 0 Å². The zero-order valence-electron chi connectivity index (χ0n) is 10.7. The topological polar surface area (TPSA) is 42.2 Å². The number of hydrogen-bond donors (Lipinski definition) is 1. The zero-order chi connectivity index (χ0) is 12.0. The monoisotopic (exact) mass is 231 g/mol. The Morgan fingerprint density at radius 1 is 1.35 bits per heavy atom. The first-order valence-corrected chi connectivity index (χ1v) is 6.51. The summed E-state index contributed by atoms with van der Waals surface area (Å²) in [6.07, 6.45) is 3.50. The highest BCUT2D eigenvalue weighted by Gasteiger charge is 2.46. The predicted octanol–water partition coefficient (Wildman–Crippen LogP) is 1.66. The van der Waals surface area contributed by atoms with Crippen LogP contribution >= 0.6 is 0 Å². The van der Waals surface area contributed by atoms with Gasteiger partial charge in [-0.25, -0.2) is 0 Å². The number of aryl methyl sites for hydroxylation is 1. The molecular weight excluding hydrogens is 210 g/mol. The standard InChI is InChI=1S/C14H21N3/c1-10-3-4-11-12(16-10)9-14(13(11)15)5-7-17(2)8-6-14/h3-4,13H,5-9,15H2,1-2H3. The summed E-state index contributed by atoms with van der Waals surface area (Å²) in [4.78, 5) is 7.08. The van der Waals surface area contributed by atoms with E-state index in [9.17, 15) is 0 Å². The molecule has 1 atom stereocenters. The van der Waals surface area contributed by atoms with E-state index in [1.165, 1.54) is 37.2 Å². The van der Waals surface area contributed by atoms with E-state index in [1.807, 2.05) is 0 Å². The Balaban J connectivity index is 1.92. The summed E-state index contributed by atoms with van der Waals surface area (Å²) in [5.74, 6) is 0. The minimum atomic E-state index is 0.194. The highest BCUT2D eigenvalue weighted by Crippen LogP contribution is 2.49. The van der Waals surface area contributed by atoms with E-state index in [0.717, 1.165) is 12.1 Å². The molecule has 1 saturated heterocycles. The first-order valence-electron chi connectivity index (χ1n) is 6.51. The number of fused-ring (bicyclic) bond motifs is 1. The van der Waals surface area contributed by atoms with Crippen molar-refractivity contribution in [1.29, 1.82) is 0 Å². The van der Waals surface area contributed by atoms with Crippen molar-refractivity contribution in [3.63, 3.8) is 0 Å². The zero-order valence-corrected chi connectivity index (χ0v) is 10.7. The Labute approximate surface area is 103 Å². The molecular formula is C14H21N3. The second-order valence-corrected chi connectivity index (χ2v) is 5.81. The van der Waals surface area contributed by atoms with Crippen molar-refractivity contribution in [2.75, 3.05) is 20.1 Å². The van der Waals surface area contributed by atoms with Crippen LogP contribution in [-0.4, -0.2) is 30.0 Å². The van der Waals surface area contributed by atoms with Gasteiger partial charge in [0.05, 0.1) is 0 Å². The maximum absolute atomic E-state index is 6.49. The van der Waals surface area contributed by atoms with E-state index < -0.39 is 0 Å². The highest BCUT2D eigenvalue weighted by atomic mass is 15.1. The lowest BCUT2D eigenvalue weighted by Crippen LogP contribution is -2.42. The summed E-state index contributed by atoms with van der Waals surface area (Å²) in [5.41, 5.74) is 10.4. The fourth-order valence-electron chi connectivity index (χ4n) is 3.37. The molecule has 2 N–H and O–H groups in total. The quantitative estimate of drug-likeness (QED) is 0.738. The van der Waals surface area contributed by atoms with Gasteiger partial charge < -0.3 is 10.6 Å². The highest BCUT2D eigenvalue weighted by molar-refractivity contribution is 5.34. The molecule has 0 amide bonds. The molecule has 0 aromatic carbocycles. The Hall–Kier alpha value is -0.930. The molecule has 3 nitrogen and oxygen atoms in total. The van der Waals surface area contributed by atoms with Crippen molar-refractivity contribution in [1.82, 2.24) is 9.88 Å². The molecule has 92 valence electrons. The number of likely N-dealkylation sites (tertiary alicyclic amines) is 1. The van der Waals surface area contributed by atoms with Crippen LogP contribution in [0.2, 0.25) is 0 Å². The number of piperidine rings is 1. The molecule has 3 rings (SSSR count). The van der Waals surface area contributed by atoms with Gasteiger partial charge in [-0.15, -0.1) is 0 Å². The van der Waals surface area contributed by atoms with Gasteiger partial charge in [0, 0.05) is 17.4 Å². The minimum absolute atomic E-state index is 0.194. The first-order chi connectivity index (χ1) is 8.11. The lowest BCUT2D eigenvalue weighted by atomic mass is 9.73. The molecule has 0 saturated carbocycles. The Bertz CT molecular complexity index is 433. The first kappa shape index (κ1) is 11.2. The van der Waals surface area contributed by atoms with Gasteiger partial charge in [0.1, 0.15) is 0 Å². The van der Waals surface area contributed by atoms with Crippen molar-refractivity contribution in [3.05, 3.63) is 29.1 Å². The third-order valence-electron chi connectivity index (χ3n) is 4.65. The molecule has 0 bridgehead atoms. The third kappa shape index (κ3) is 1.69. The third-order valence-corrected chi connectivity index (χ3v) is 4.65. The fraction of sp³-hybridized carbons (Fsp3) is 0.643. The van der Waals surface area contributed by atoms with Crippen LogP contribution in [0, 0.1) is 12.3 Å². The van der Waals surface area contributed by atoms with Crippen molar-refractivity contribution in [2.24, 2.45) is 11.1 Å². The summed E-state index contributed by atoms with van der Waals surface area (Å²) < 4.78 is 0. The molecule has 17 heavy (non-hydrogen) atoms. The summed E-state index contributed by atoms with van der Waals surface area (Å²) in [5, 5.41) is 0. The Kier molecular flexibility index (Phi) is 2.49. The van der Waals surface area contributed by atoms with E-state index in [4.69, 9.17) is 5.73 Å². The summed E-state index contributed by atoms with van der Waals surface area (Å²) in [6.45, 7) is 4.40. The van der Waals surface area contributed by atoms with Gasteiger partial charge >= 0.3 is 0 Å². The van der Waals surface area contributed by atoms with Crippen LogP contribution in [0.5, 0.6) is 0 Å². The number of nitrogens with two attached hydrogens (primary N) is 1. The molecule has 1 aliphatic carbocycles. The van der Waals surface area contributed by atoms with Crippen molar-refractivity contribution >= 4 is 0 Å². The summed E-state index contributed by atoms with van der Waals surface area (Å²) in [7, 11) is 2.20. The van der Waals surface area contributed by atoms with Crippen LogP contribution in [0.1, 0.15) is 35.8 Å². The molecule has 1 spiro atoms. The van der Waals surface area contributed by atoms with Crippen LogP contribution in [0.25, 0.3) is 0 Å². The molecule has 1 aromatic heterocycles. The second kappa shape index (κ2) is 3.79. The van der Waals surface area contributed by atoms with E-state index in [-0.39, 0.29) is 11.5 Å². The lowest BCUT2D eigenvalue weighted by molar-refractivity contribution is 0.105. The smallest absolute Gasteiger partial charge is 0.0460 e. The van der Waals surface area contributed by atoms with Gasteiger partial charge in [-0.05, 0) is 63.4 Å². The number of pyridine rings is 1. The van der Waals surface area contributed by atoms with Gasteiger partial charge in [0.15, 0.2) is 0 Å². The van der Waals surface area contributed by atoms with E-state index in [0.29, 0.717) is 0 Å². The molecule has 1 aliphatic heterocycles. The maximum Gasteiger partial charge on any atom is 0.0460 e. The molecule has 2 aliphatic rings. The van der Waals surface area contributed by atoms with Crippen molar-refractivity contribution < 1.29 is 0 Å². The van der Waals surface area contributed by atoms with Crippen LogP contribution in [0.4, 0.5) is 0 Å². The van der Waals surface area contributed by atoms with Gasteiger partial charge in [0.25, 0.3) is 0 Å².